The molecule has 0 aliphatic heterocycles. The molecule has 0 heterocycles. The fourth-order valence-corrected chi connectivity index (χ4v) is 1.03. The zero-order valence-electron chi connectivity index (χ0n) is 8.50. The van der Waals surface area contributed by atoms with E-state index >= 15 is 0 Å². The predicted octanol–water partition coefficient (Wildman–Crippen LogP) is 0.748. The minimum Gasteiger partial charge on any atom is -0.341 e. The minimum absolute atomic E-state index is 0.267. The number of hydrogen-bond donors (Lipinski definition) is 3. The summed E-state index contributed by atoms with van der Waals surface area (Å²) in [5.41, 5.74) is 6.72. The third-order valence-electron chi connectivity index (χ3n) is 1.73. The van der Waals surface area contributed by atoms with Crippen LogP contribution in [0.3, 0.4) is 0 Å². The number of hydrogen-bond acceptors (Lipinski definition) is 2. The monoisotopic (exact) mass is 203 g/mol. The van der Waals surface area contributed by atoms with Gasteiger partial charge in [0, 0.05) is 12.6 Å². The van der Waals surface area contributed by atoms with Gasteiger partial charge in [-0.3, -0.25) is 0 Å². The third kappa shape index (κ3) is 3.33. The maximum absolute atomic E-state index is 11.1. The first-order chi connectivity index (χ1) is 7.27. The van der Waals surface area contributed by atoms with E-state index in [1.54, 1.807) is 13.1 Å². The van der Waals surface area contributed by atoms with Crippen molar-refractivity contribution in [1.29, 1.82) is 0 Å². The lowest BCUT2D eigenvalue weighted by Gasteiger charge is -2.05. The average molecular weight is 203 g/mol. The smallest absolute Gasteiger partial charge is 0.319 e. The van der Waals surface area contributed by atoms with Crippen LogP contribution in [-0.4, -0.2) is 19.6 Å². The number of nitrogens with two attached hydrogens (primary N) is 1. The molecule has 0 saturated heterocycles. The second-order valence-electron chi connectivity index (χ2n) is 2.76. The fraction of sp³-hybridized carbons (Fsp3) is 0.182. The van der Waals surface area contributed by atoms with Gasteiger partial charge in [-0.15, -0.1) is 0 Å². The minimum atomic E-state index is -0.267. The molecule has 0 fully saturated rings. The van der Waals surface area contributed by atoms with E-state index in [1.807, 2.05) is 18.2 Å². The summed E-state index contributed by atoms with van der Waals surface area (Å²) < 4.78 is 0. The van der Waals surface area contributed by atoms with E-state index in [-0.39, 0.29) is 6.03 Å². The van der Waals surface area contributed by atoms with Crippen LogP contribution in [0.5, 0.6) is 0 Å². The number of anilines is 1. The zero-order valence-corrected chi connectivity index (χ0v) is 8.50. The molecule has 4 nitrogen and oxygen atoms in total. The molecule has 0 bridgehead atoms. The number of nitrogens with one attached hydrogen (secondary N) is 2. The second-order valence-corrected chi connectivity index (χ2v) is 2.76. The third-order valence-corrected chi connectivity index (χ3v) is 1.73. The van der Waals surface area contributed by atoms with Crippen molar-refractivity contribution >= 4 is 11.7 Å². The molecule has 2 amide bonds. The number of amides is 2. The van der Waals surface area contributed by atoms with Gasteiger partial charge < -0.3 is 16.4 Å². The van der Waals surface area contributed by atoms with Gasteiger partial charge in [0.25, 0.3) is 0 Å². The Morgan fingerprint density at radius 1 is 1.47 bits per heavy atom. The van der Waals surface area contributed by atoms with Gasteiger partial charge >= 0.3 is 6.03 Å². The van der Waals surface area contributed by atoms with E-state index in [4.69, 9.17) is 5.73 Å². The van der Waals surface area contributed by atoms with Crippen molar-refractivity contribution < 1.29 is 4.79 Å². The van der Waals surface area contributed by atoms with Crippen molar-refractivity contribution in [2.75, 3.05) is 18.9 Å². The van der Waals surface area contributed by atoms with Gasteiger partial charge in [0.1, 0.15) is 0 Å². The average Bonchev–Trinajstić information content (AvgIpc) is 2.28. The van der Waals surface area contributed by atoms with Gasteiger partial charge in [-0.2, -0.15) is 0 Å². The molecule has 15 heavy (non-hydrogen) atoms. The van der Waals surface area contributed by atoms with Crippen LogP contribution in [0.15, 0.2) is 24.3 Å². The normalized spacial score (nSPS) is 8.67. The lowest BCUT2D eigenvalue weighted by atomic mass is 10.2. The molecule has 0 unspecified atom stereocenters. The Morgan fingerprint density at radius 3 is 2.87 bits per heavy atom. The summed E-state index contributed by atoms with van der Waals surface area (Å²) in [5, 5.41) is 5.15. The Morgan fingerprint density at radius 2 is 2.20 bits per heavy atom. The van der Waals surface area contributed by atoms with Crippen LogP contribution in [-0.2, 0) is 0 Å². The molecular weight excluding hydrogens is 190 g/mol. The lowest BCUT2D eigenvalue weighted by Crippen LogP contribution is -2.24. The SMILES string of the molecule is CNC(=O)Nc1ccccc1C#CCN. The van der Waals surface area contributed by atoms with E-state index in [1.165, 1.54) is 0 Å². The summed E-state index contributed by atoms with van der Waals surface area (Å²) >= 11 is 0. The summed E-state index contributed by atoms with van der Waals surface area (Å²) in [4.78, 5) is 11.1. The first-order valence-electron chi connectivity index (χ1n) is 4.54. The number of benzene rings is 1. The molecule has 1 rings (SSSR count). The zero-order chi connectivity index (χ0) is 11.1. The van der Waals surface area contributed by atoms with Crippen molar-refractivity contribution in [1.82, 2.24) is 5.32 Å². The van der Waals surface area contributed by atoms with Crippen LogP contribution in [0.4, 0.5) is 10.5 Å². The highest BCUT2D eigenvalue weighted by Gasteiger charge is 2.01. The van der Waals surface area contributed by atoms with Crippen LogP contribution in [0.2, 0.25) is 0 Å². The highest BCUT2D eigenvalue weighted by Crippen LogP contribution is 2.12. The van der Waals surface area contributed by atoms with Crippen molar-refractivity contribution in [3.63, 3.8) is 0 Å². The Bertz CT molecular complexity index is 404. The first kappa shape index (κ1) is 11.1. The van der Waals surface area contributed by atoms with Gasteiger partial charge in [0.15, 0.2) is 0 Å². The number of rotatable bonds is 1. The van der Waals surface area contributed by atoms with E-state index in [0.29, 0.717) is 12.2 Å². The lowest BCUT2D eigenvalue weighted by molar-refractivity contribution is 0.254. The highest BCUT2D eigenvalue weighted by atomic mass is 16.2. The molecule has 0 atom stereocenters. The number of carbonyl (C=O) groups is 1. The molecule has 0 radical (unpaired) electrons. The highest BCUT2D eigenvalue weighted by molar-refractivity contribution is 5.90. The van der Waals surface area contributed by atoms with E-state index < -0.39 is 0 Å². The molecule has 1 aromatic rings. The molecule has 4 heteroatoms. The van der Waals surface area contributed by atoms with E-state index in [2.05, 4.69) is 22.5 Å². The van der Waals surface area contributed by atoms with Crippen LogP contribution < -0.4 is 16.4 Å². The molecule has 0 aliphatic rings. The largest absolute Gasteiger partial charge is 0.341 e. The van der Waals surface area contributed by atoms with Crippen LogP contribution in [0.1, 0.15) is 5.56 Å². The maximum atomic E-state index is 11.1. The van der Waals surface area contributed by atoms with Crippen molar-refractivity contribution in [3.8, 4) is 11.8 Å². The van der Waals surface area contributed by atoms with Crippen LogP contribution in [0, 0.1) is 11.8 Å². The Balaban J connectivity index is 2.91. The standard InChI is InChI=1S/C11H13N3O/c1-13-11(15)14-10-7-3-2-5-9(10)6-4-8-12/h2-3,5,7H,8,12H2,1H3,(H2,13,14,15). The topological polar surface area (TPSA) is 67.2 Å². The van der Waals surface area contributed by atoms with Gasteiger partial charge in [-0.25, -0.2) is 4.79 Å². The van der Waals surface area contributed by atoms with Crippen LogP contribution in [0.25, 0.3) is 0 Å². The van der Waals surface area contributed by atoms with Gasteiger partial charge in [-0.1, -0.05) is 24.0 Å². The molecule has 0 spiro atoms. The fourth-order valence-electron chi connectivity index (χ4n) is 1.03. The summed E-state index contributed by atoms with van der Waals surface area (Å²) in [6.45, 7) is 0.300. The van der Waals surface area contributed by atoms with Gasteiger partial charge in [0.2, 0.25) is 0 Å². The molecule has 0 aromatic heterocycles. The first-order valence-corrected chi connectivity index (χ1v) is 4.54. The van der Waals surface area contributed by atoms with Gasteiger partial charge in [0.05, 0.1) is 12.2 Å². The summed E-state index contributed by atoms with van der Waals surface area (Å²) in [7, 11) is 1.56. The van der Waals surface area contributed by atoms with Crippen molar-refractivity contribution in [3.05, 3.63) is 29.8 Å². The summed E-state index contributed by atoms with van der Waals surface area (Å²) in [6.07, 6.45) is 0. The summed E-state index contributed by atoms with van der Waals surface area (Å²) in [6, 6.07) is 7.04. The molecule has 0 aliphatic carbocycles. The quantitative estimate of drug-likeness (QED) is 0.589. The van der Waals surface area contributed by atoms with Gasteiger partial charge in [-0.05, 0) is 12.1 Å². The Hall–Kier alpha value is -1.99. The molecule has 1 aromatic carbocycles. The molecule has 4 N–H and O–H groups in total. The van der Waals surface area contributed by atoms with Crippen molar-refractivity contribution in [2.45, 2.75) is 0 Å². The number of carbonyl (C=O) groups excluding carboxylic acids is 1. The molecule has 78 valence electrons. The predicted molar refractivity (Wildman–Crippen MR) is 60.5 cm³/mol. The second kappa shape index (κ2) is 5.68. The number of urea groups is 1. The Labute approximate surface area is 88.9 Å². The Kier molecular flexibility index (Phi) is 4.20. The van der Waals surface area contributed by atoms with Crippen LogP contribution >= 0.6 is 0 Å². The molecular formula is C11H13N3O. The number of para-hydroxylation sites is 1. The maximum Gasteiger partial charge on any atom is 0.319 e. The van der Waals surface area contributed by atoms with Crippen molar-refractivity contribution in [2.24, 2.45) is 5.73 Å². The summed E-state index contributed by atoms with van der Waals surface area (Å²) in [5.74, 6) is 5.63. The van der Waals surface area contributed by atoms with E-state index in [9.17, 15) is 4.79 Å². The van der Waals surface area contributed by atoms with E-state index in [0.717, 1.165) is 5.56 Å². The molecule has 0 saturated carbocycles.